The summed E-state index contributed by atoms with van der Waals surface area (Å²) in [4.78, 5) is 22.7. The zero-order valence-corrected chi connectivity index (χ0v) is 14.1. The minimum absolute atomic E-state index is 0.0189. The lowest BCUT2D eigenvalue weighted by atomic mass is 9.91. The van der Waals surface area contributed by atoms with Gasteiger partial charge in [0.1, 0.15) is 6.04 Å². The van der Waals surface area contributed by atoms with Gasteiger partial charge in [0.25, 0.3) is 11.6 Å². The van der Waals surface area contributed by atoms with Gasteiger partial charge in [-0.2, -0.15) is 5.10 Å². The number of nitrogens with zero attached hydrogens (tertiary/aromatic N) is 2. The Morgan fingerprint density at radius 2 is 1.96 bits per heavy atom. The van der Waals surface area contributed by atoms with Gasteiger partial charge in [-0.25, -0.2) is 16.3 Å². The van der Waals surface area contributed by atoms with Crippen molar-refractivity contribution < 1.29 is 9.72 Å². The molecule has 0 saturated carbocycles. The minimum Gasteiger partial charge on any atom is -0.271 e. The van der Waals surface area contributed by atoms with Gasteiger partial charge in [0.2, 0.25) is 0 Å². The number of carbonyl (C=O) groups excluding carboxylic acids is 1. The van der Waals surface area contributed by atoms with E-state index in [-0.39, 0.29) is 23.6 Å². The van der Waals surface area contributed by atoms with Gasteiger partial charge in [0.15, 0.2) is 0 Å². The van der Waals surface area contributed by atoms with Crippen LogP contribution in [-0.2, 0) is 4.79 Å². The van der Waals surface area contributed by atoms with E-state index in [0.717, 1.165) is 5.56 Å². The molecule has 0 radical (unpaired) electrons. The van der Waals surface area contributed by atoms with Gasteiger partial charge in [0.05, 0.1) is 17.2 Å². The molecule has 1 amide bonds. The van der Waals surface area contributed by atoms with E-state index in [9.17, 15) is 14.9 Å². The molecule has 3 unspecified atom stereocenters. The van der Waals surface area contributed by atoms with Gasteiger partial charge in [-0.15, -0.1) is 0 Å². The number of hydrazine groups is 1. The van der Waals surface area contributed by atoms with Gasteiger partial charge in [-0.05, 0) is 5.56 Å². The lowest BCUT2D eigenvalue weighted by molar-refractivity contribution is -0.384. The highest BCUT2D eigenvalue weighted by atomic mass is 16.6. The minimum atomic E-state index is -0.477. The molecule has 3 rings (SSSR count). The first-order valence-electron chi connectivity index (χ1n) is 8.19. The fourth-order valence-electron chi connectivity index (χ4n) is 2.95. The van der Waals surface area contributed by atoms with Crippen molar-refractivity contribution in [1.82, 2.24) is 16.3 Å². The number of carbonyl (C=O) groups is 1. The number of hydrogen-bond donors (Lipinski definition) is 3. The maximum absolute atomic E-state index is 12.4. The summed E-state index contributed by atoms with van der Waals surface area (Å²) in [5.41, 5.74) is 10.2. The molecule has 1 heterocycles. The second kappa shape index (κ2) is 7.85. The van der Waals surface area contributed by atoms with Gasteiger partial charge in [-0.1, -0.05) is 49.4 Å². The molecule has 2 aromatic rings. The number of nitro groups is 1. The summed E-state index contributed by atoms with van der Waals surface area (Å²) in [7, 11) is 0. The molecule has 1 fully saturated rings. The van der Waals surface area contributed by atoms with Crippen LogP contribution in [0, 0.1) is 16.0 Å². The Morgan fingerprint density at radius 1 is 1.19 bits per heavy atom. The van der Waals surface area contributed by atoms with E-state index in [0.29, 0.717) is 5.56 Å². The molecular formula is C18H19N5O3. The zero-order valence-electron chi connectivity index (χ0n) is 14.1. The lowest BCUT2D eigenvalue weighted by Gasteiger charge is -2.17. The Kier molecular flexibility index (Phi) is 5.35. The maximum Gasteiger partial charge on any atom is 0.270 e. The van der Waals surface area contributed by atoms with Gasteiger partial charge >= 0.3 is 0 Å². The number of nitro benzene ring substituents is 1. The predicted octanol–water partition coefficient (Wildman–Crippen LogP) is 1.90. The molecule has 1 saturated heterocycles. The van der Waals surface area contributed by atoms with E-state index in [2.05, 4.69) is 21.4 Å². The van der Waals surface area contributed by atoms with E-state index in [4.69, 9.17) is 0 Å². The summed E-state index contributed by atoms with van der Waals surface area (Å²) in [5.74, 6) is -0.254. The SMILES string of the molecule is CC1C(C(=O)N/N=C/c2cccc([N+](=O)[O-])c2)NNC1c1ccccc1. The fourth-order valence-corrected chi connectivity index (χ4v) is 2.95. The summed E-state index contributed by atoms with van der Waals surface area (Å²) < 4.78 is 0. The first kappa shape index (κ1) is 17.7. The summed E-state index contributed by atoms with van der Waals surface area (Å²) >= 11 is 0. The first-order valence-corrected chi connectivity index (χ1v) is 8.19. The molecule has 0 bridgehead atoms. The van der Waals surface area contributed by atoms with Crippen molar-refractivity contribution in [1.29, 1.82) is 0 Å². The fraction of sp³-hybridized carbons (Fsp3) is 0.222. The zero-order chi connectivity index (χ0) is 18.5. The van der Waals surface area contributed by atoms with Crippen LogP contribution in [0.2, 0.25) is 0 Å². The van der Waals surface area contributed by atoms with Crippen LogP contribution >= 0.6 is 0 Å². The van der Waals surface area contributed by atoms with Crippen LogP contribution in [0.4, 0.5) is 5.69 Å². The maximum atomic E-state index is 12.4. The number of nitrogens with one attached hydrogen (secondary N) is 3. The number of hydrogen-bond acceptors (Lipinski definition) is 6. The molecule has 3 N–H and O–H groups in total. The molecule has 0 aliphatic carbocycles. The van der Waals surface area contributed by atoms with E-state index in [1.54, 1.807) is 12.1 Å². The molecular weight excluding hydrogens is 334 g/mol. The summed E-state index contributed by atoms with van der Waals surface area (Å²) in [6.45, 7) is 1.99. The third kappa shape index (κ3) is 3.93. The van der Waals surface area contributed by atoms with Crippen LogP contribution < -0.4 is 16.3 Å². The van der Waals surface area contributed by atoms with Crippen LogP contribution in [0.5, 0.6) is 0 Å². The number of benzene rings is 2. The average molecular weight is 353 g/mol. The van der Waals surface area contributed by atoms with Gasteiger partial charge in [0, 0.05) is 23.6 Å². The quantitative estimate of drug-likeness (QED) is 0.432. The molecule has 1 aliphatic rings. The van der Waals surface area contributed by atoms with Crippen molar-refractivity contribution in [2.24, 2.45) is 11.0 Å². The second-order valence-corrected chi connectivity index (χ2v) is 6.10. The van der Waals surface area contributed by atoms with Crippen molar-refractivity contribution in [3.63, 3.8) is 0 Å². The smallest absolute Gasteiger partial charge is 0.270 e. The Hall–Kier alpha value is -3.10. The van der Waals surface area contributed by atoms with Crippen molar-refractivity contribution >= 4 is 17.8 Å². The largest absolute Gasteiger partial charge is 0.271 e. The van der Waals surface area contributed by atoms with Gasteiger partial charge < -0.3 is 0 Å². The number of hydrazone groups is 1. The molecule has 8 heteroatoms. The highest BCUT2D eigenvalue weighted by Gasteiger charge is 2.37. The monoisotopic (exact) mass is 353 g/mol. The van der Waals surface area contributed by atoms with E-state index >= 15 is 0 Å². The van der Waals surface area contributed by atoms with Crippen LogP contribution in [-0.4, -0.2) is 23.1 Å². The molecule has 0 spiro atoms. The summed E-state index contributed by atoms with van der Waals surface area (Å²) in [6.07, 6.45) is 1.38. The molecule has 26 heavy (non-hydrogen) atoms. The molecule has 134 valence electrons. The third-order valence-corrected chi connectivity index (χ3v) is 4.36. The third-order valence-electron chi connectivity index (χ3n) is 4.36. The Bertz CT molecular complexity index is 825. The Labute approximate surface area is 150 Å². The highest BCUT2D eigenvalue weighted by Crippen LogP contribution is 2.28. The van der Waals surface area contributed by atoms with Crippen LogP contribution in [0.15, 0.2) is 59.7 Å². The van der Waals surface area contributed by atoms with Crippen molar-refractivity contribution in [3.05, 3.63) is 75.8 Å². The average Bonchev–Trinajstić information content (AvgIpc) is 3.04. The Balaban J connectivity index is 1.60. The number of non-ortho nitro benzene ring substituents is 1. The highest BCUT2D eigenvalue weighted by molar-refractivity contribution is 5.85. The van der Waals surface area contributed by atoms with Crippen LogP contribution in [0.1, 0.15) is 24.1 Å². The molecule has 1 aliphatic heterocycles. The molecule has 8 nitrogen and oxygen atoms in total. The number of amides is 1. The van der Waals surface area contributed by atoms with E-state index in [1.807, 2.05) is 37.3 Å². The van der Waals surface area contributed by atoms with Crippen LogP contribution in [0.25, 0.3) is 0 Å². The summed E-state index contributed by atoms with van der Waals surface area (Å²) in [6, 6.07) is 15.5. The summed E-state index contributed by atoms with van der Waals surface area (Å²) in [5, 5.41) is 14.7. The standard InChI is InChI=1S/C18H19N5O3/c1-12-16(14-7-3-2-4-8-14)20-21-17(12)18(24)22-19-11-13-6-5-9-15(10-13)23(25)26/h2-12,16-17,20-21H,1H3,(H,22,24)/b19-11+. The topological polar surface area (TPSA) is 109 Å². The lowest BCUT2D eigenvalue weighted by Crippen LogP contribution is -2.43. The Morgan fingerprint density at radius 3 is 2.69 bits per heavy atom. The van der Waals surface area contributed by atoms with E-state index in [1.165, 1.54) is 18.3 Å². The van der Waals surface area contributed by atoms with Crippen molar-refractivity contribution in [3.8, 4) is 0 Å². The second-order valence-electron chi connectivity index (χ2n) is 6.10. The van der Waals surface area contributed by atoms with Crippen molar-refractivity contribution in [2.75, 3.05) is 0 Å². The normalized spacial score (nSPS) is 22.4. The predicted molar refractivity (Wildman–Crippen MR) is 97.2 cm³/mol. The molecule has 0 aromatic heterocycles. The molecule has 3 atom stereocenters. The number of rotatable bonds is 5. The van der Waals surface area contributed by atoms with Gasteiger partial charge in [-0.3, -0.25) is 14.9 Å². The first-order chi connectivity index (χ1) is 12.6. The van der Waals surface area contributed by atoms with E-state index < -0.39 is 11.0 Å². The molecule has 2 aromatic carbocycles. The van der Waals surface area contributed by atoms with Crippen molar-refractivity contribution in [2.45, 2.75) is 19.0 Å². The van der Waals surface area contributed by atoms with Crippen LogP contribution in [0.3, 0.4) is 0 Å².